The van der Waals surface area contributed by atoms with Crippen molar-refractivity contribution in [2.45, 2.75) is 185 Å². The summed E-state index contributed by atoms with van der Waals surface area (Å²) in [6.45, 7) is 35.8. The highest BCUT2D eigenvalue weighted by Gasteiger charge is 2.53. The smallest absolute Gasteiger partial charge is 0.306 e. The Morgan fingerprint density at radius 2 is 0.871 bits per heavy atom. The number of esters is 2. The lowest BCUT2D eigenvalue weighted by Crippen LogP contribution is -2.48. The van der Waals surface area contributed by atoms with Crippen LogP contribution in [0.5, 0.6) is 11.5 Å². The maximum Gasteiger partial charge on any atom is 0.306 e. The fraction of sp³-hybridized carbons (Fsp3) is 0.642. The molecule has 9 heteroatoms. The largest absolute Gasteiger partial charge is 0.508 e. The van der Waals surface area contributed by atoms with Gasteiger partial charge in [-0.3, -0.25) is 14.4 Å². The molecule has 0 saturated heterocycles. The molecular weight excluding hydrogens is 781 g/mol. The van der Waals surface area contributed by atoms with Gasteiger partial charge < -0.3 is 29.9 Å². The van der Waals surface area contributed by atoms with E-state index < -0.39 is 40.1 Å². The zero-order chi connectivity index (χ0) is 47.8. The number of carboxylic acid groups (broad SMARTS) is 1. The molecule has 0 saturated carbocycles. The highest BCUT2D eigenvalue weighted by Crippen LogP contribution is 2.55. The maximum absolute atomic E-state index is 13.9. The summed E-state index contributed by atoms with van der Waals surface area (Å²) in [5.74, 6) is -2.02. The molecule has 9 nitrogen and oxygen atoms in total. The van der Waals surface area contributed by atoms with Crippen molar-refractivity contribution in [3.8, 4) is 11.5 Å². The Kier molecular flexibility index (Phi) is 15.5. The normalized spacial score (nSPS) is 16.5. The number of aliphatic hydroxyl groups is 1. The molecule has 62 heavy (non-hydrogen) atoms. The third-order valence-corrected chi connectivity index (χ3v) is 12.1. The van der Waals surface area contributed by atoms with Gasteiger partial charge in [0.15, 0.2) is 0 Å². The number of rotatable bonds is 13. The molecule has 0 radical (unpaired) electrons. The van der Waals surface area contributed by atoms with E-state index in [0.717, 1.165) is 33.4 Å². The molecule has 0 aliphatic heterocycles. The number of phenolic OH excluding ortho intramolecular Hbond substituents is 2. The number of aliphatic carboxylic acids is 1. The summed E-state index contributed by atoms with van der Waals surface area (Å²) in [5.41, 5.74) is 2.22. The number of phenols is 2. The van der Waals surface area contributed by atoms with Gasteiger partial charge in [-0.25, -0.2) is 0 Å². The molecule has 2 aromatic carbocycles. The van der Waals surface area contributed by atoms with Crippen molar-refractivity contribution in [2.24, 2.45) is 22.2 Å². The van der Waals surface area contributed by atoms with Crippen LogP contribution in [0.1, 0.15) is 184 Å². The molecule has 0 amide bonds. The van der Waals surface area contributed by atoms with E-state index in [-0.39, 0.29) is 77.8 Å². The van der Waals surface area contributed by atoms with E-state index in [1.54, 1.807) is 0 Å². The number of hydrogen-bond donors (Lipinski definition) is 4. The third-order valence-electron chi connectivity index (χ3n) is 12.1. The van der Waals surface area contributed by atoms with Crippen molar-refractivity contribution >= 4 is 17.9 Å². The predicted molar refractivity (Wildman–Crippen MR) is 249 cm³/mol. The fourth-order valence-electron chi connectivity index (χ4n) is 8.76. The molecule has 1 aliphatic carbocycles. The summed E-state index contributed by atoms with van der Waals surface area (Å²) in [7, 11) is 0. The van der Waals surface area contributed by atoms with Crippen molar-refractivity contribution in [1.29, 1.82) is 0 Å². The summed E-state index contributed by atoms with van der Waals surface area (Å²) in [5, 5.41) is 44.7. The van der Waals surface area contributed by atoms with E-state index in [2.05, 4.69) is 0 Å². The van der Waals surface area contributed by atoms with Gasteiger partial charge in [-0.1, -0.05) is 155 Å². The number of aryl methyl sites for hydroxylation is 2. The summed E-state index contributed by atoms with van der Waals surface area (Å²) in [4.78, 5) is 39.9. The van der Waals surface area contributed by atoms with Crippen LogP contribution in [0.2, 0.25) is 0 Å². The van der Waals surface area contributed by atoms with Gasteiger partial charge >= 0.3 is 17.9 Å². The summed E-state index contributed by atoms with van der Waals surface area (Å²) in [6.07, 6.45) is 2.60. The van der Waals surface area contributed by atoms with Gasteiger partial charge in [-0.2, -0.15) is 0 Å². The Balaban J connectivity index is 2.08. The molecule has 4 N–H and O–H groups in total. The predicted octanol–water partition coefficient (Wildman–Crippen LogP) is 12.3. The standard InChI is InChI=1S/C53H80O9/c1-47(2,3)35-25-32(26-36(43(35)58)48(4,5)6)19-23-41(56)61-30-53(34(21-22-40(54)55)29-39(51(13,14)15)45(60)46(53)52(16,17)18)31-62-42(57)24-20-33-27-37(49(7,8)9)44(59)38(28-33)50(10,11)12/h25-29,34,58-60H,19-24,30-31H2,1-18H3,(H,54,55). The number of benzene rings is 2. The Bertz CT molecular complexity index is 1870. The third kappa shape index (κ3) is 12.7. The number of carbonyl (C=O) groups is 3. The Labute approximate surface area is 373 Å². The van der Waals surface area contributed by atoms with Crippen LogP contribution in [-0.4, -0.2) is 51.5 Å². The minimum Gasteiger partial charge on any atom is -0.508 e. The Morgan fingerprint density at radius 1 is 0.532 bits per heavy atom. The first-order valence-electron chi connectivity index (χ1n) is 22.3. The first kappa shape index (κ1) is 52.1. The average Bonchev–Trinajstić information content (AvgIpc) is 3.08. The van der Waals surface area contributed by atoms with E-state index in [4.69, 9.17) is 9.47 Å². The molecule has 1 aliphatic rings. The van der Waals surface area contributed by atoms with Gasteiger partial charge in [0.2, 0.25) is 0 Å². The van der Waals surface area contributed by atoms with Crippen LogP contribution >= 0.6 is 0 Å². The number of carbonyl (C=O) groups excluding carboxylic acids is 2. The molecule has 0 spiro atoms. The van der Waals surface area contributed by atoms with E-state index in [0.29, 0.717) is 24.0 Å². The number of hydrogen-bond acceptors (Lipinski definition) is 8. The minimum atomic E-state index is -1.30. The average molecular weight is 861 g/mol. The second-order valence-corrected chi connectivity index (χ2v) is 23.9. The second kappa shape index (κ2) is 18.4. The van der Waals surface area contributed by atoms with Gasteiger partial charge in [0.05, 0.1) is 5.41 Å². The fourth-order valence-corrected chi connectivity index (χ4v) is 8.76. The number of carboxylic acids is 1. The van der Waals surface area contributed by atoms with Crippen molar-refractivity contribution in [1.82, 2.24) is 0 Å². The van der Waals surface area contributed by atoms with Crippen molar-refractivity contribution in [3.63, 3.8) is 0 Å². The monoisotopic (exact) mass is 861 g/mol. The summed E-state index contributed by atoms with van der Waals surface area (Å²) >= 11 is 0. The van der Waals surface area contributed by atoms with Crippen LogP contribution in [0.25, 0.3) is 0 Å². The Morgan fingerprint density at radius 3 is 1.15 bits per heavy atom. The number of aliphatic hydroxyl groups excluding tert-OH is 1. The Hall–Kier alpha value is -4.27. The zero-order valence-corrected chi connectivity index (χ0v) is 41.5. The van der Waals surface area contributed by atoms with Crippen molar-refractivity contribution < 1.29 is 44.3 Å². The maximum atomic E-state index is 13.9. The topological polar surface area (TPSA) is 151 Å². The molecule has 1 atom stereocenters. The first-order chi connectivity index (χ1) is 27.9. The van der Waals surface area contributed by atoms with Crippen LogP contribution in [0.3, 0.4) is 0 Å². The molecule has 346 valence electrons. The SMILES string of the molecule is CC(C)(C)C1=CC(CCC(=O)O)C(COC(=O)CCc2cc(C(C)(C)C)c(O)c(C(C)(C)C)c2)(COC(=O)CCc2cc(C(C)(C)C)c(O)c(C(C)(C)C)c2)C(C(C)(C)C)=C1O. The quantitative estimate of drug-likeness (QED) is 0.144. The van der Waals surface area contributed by atoms with E-state index in [1.165, 1.54) is 0 Å². The van der Waals surface area contributed by atoms with Crippen LogP contribution < -0.4 is 0 Å². The number of allylic oxidation sites excluding steroid dienone is 2. The molecule has 0 fully saturated rings. The van der Waals surface area contributed by atoms with E-state index in [1.807, 2.05) is 155 Å². The highest BCUT2D eigenvalue weighted by molar-refractivity contribution is 5.71. The van der Waals surface area contributed by atoms with Gasteiger partial charge in [0.1, 0.15) is 30.5 Å². The van der Waals surface area contributed by atoms with Crippen LogP contribution in [0.15, 0.2) is 47.2 Å². The number of aromatic hydroxyl groups is 2. The van der Waals surface area contributed by atoms with Crippen molar-refractivity contribution in [3.05, 3.63) is 80.6 Å². The van der Waals surface area contributed by atoms with Gasteiger partial charge in [0, 0.05) is 19.3 Å². The van der Waals surface area contributed by atoms with Gasteiger partial charge in [-0.05, 0) is 102 Å². The molecule has 0 bridgehead atoms. The molecule has 0 aromatic heterocycles. The van der Waals surface area contributed by atoms with Crippen LogP contribution in [0.4, 0.5) is 0 Å². The molecule has 2 aromatic rings. The van der Waals surface area contributed by atoms with Gasteiger partial charge in [-0.15, -0.1) is 0 Å². The van der Waals surface area contributed by atoms with Crippen LogP contribution in [-0.2, 0) is 58.4 Å². The molecular formula is C53H80O9. The first-order valence-corrected chi connectivity index (χ1v) is 22.3. The van der Waals surface area contributed by atoms with E-state index in [9.17, 15) is 34.8 Å². The molecule has 3 rings (SSSR count). The van der Waals surface area contributed by atoms with Crippen molar-refractivity contribution in [2.75, 3.05) is 13.2 Å². The second-order valence-electron chi connectivity index (χ2n) is 23.9. The summed E-state index contributed by atoms with van der Waals surface area (Å²) < 4.78 is 12.4. The minimum absolute atomic E-state index is 0.0248. The molecule has 1 unspecified atom stereocenters. The van der Waals surface area contributed by atoms with Gasteiger partial charge in [0.25, 0.3) is 0 Å². The zero-order valence-electron chi connectivity index (χ0n) is 41.5. The highest BCUT2D eigenvalue weighted by atomic mass is 16.5. The lowest BCUT2D eigenvalue weighted by molar-refractivity contribution is -0.156. The lowest BCUT2D eigenvalue weighted by Gasteiger charge is -2.49. The summed E-state index contributed by atoms with van der Waals surface area (Å²) in [6, 6.07) is 7.80. The van der Waals surface area contributed by atoms with E-state index >= 15 is 0 Å². The lowest BCUT2D eigenvalue weighted by atomic mass is 9.57. The molecule has 0 heterocycles. The van der Waals surface area contributed by atoms with Crippen LogP contribution in [0, 0.1) is 22.2 Å². The number of ether oxygens (including phenoxy) is 2.